The Morgan fingerprint density at radius 1 is 1.15 bits per heavy atom. The van der Waals surface area contributed by atoms with Crippen LogP contribution >= 0.6 is 0 Å². The summed E-state index contributed by atoms with van der Waals surface area (Å²) in [5.74, 6) is 0.481. The summed E-state index contributed by atoms with van der Waals surface area (Å²) in [6, 6.07) is 8.75. The Labute approximate surface area is 122 Å². The highest BCUT2D eigenvalue weighted by Gasteiger charge is 2.20. The average Bonchev–Trinajstić information content (AvgIpc) is 2.45. The van der Waals surface area contributed by atoms with Gasteiger partial charge in [-0.05, 0) is 41.7 Å². The molecule has 1 aromatic carbocycles. The molecule has 2 rings (SSSR count). The van der Waals surface area contributed by atoms with Gasteiger partial charge < -0.3 is 5.11 Å². The fraction of sp³-hybridized carbons (Fsp3) is 0.611. The standard InChI is InChI=1S/C18H26O2/c1-13(2)17(12-18(19)20)16-10-8-15(9-11-16)14-6-4-3-5-7-14/h8-11,13-14,17H,3-7,12H2,1-2H3,(H,19,20). The second kappa shape index (κ2) is 6.92. The van der Waals surface area contributed by atoms with Crippen molar-refractivity contribution in [1.82, 2.24) is 0 Å². The predicted octanol–water partition coefficient (Wildman–Crippen LogP) is 4.95. The van der Waals surface area contributed by atoms with E-state index in [4.69, 9.17) is 5.11 Å². The lowest BCUT2D eigenvalue weighted by atomic mass is 9.81. The highest BCUT2D eigenvalue weighted by atomic mass is 16.4. The number of hydrogen-bond acceptors (Lipinski definition) is 1. The maximum atomic E-state index is 11.0. The minimum Gasteiger partial charge on any atom is -0.481 e. The van der Waals surface area contributed by atoms with E-state index in [-0.39, 0.29) is 12.3 Å². The lowest BCUT2D eigenvalue weighted by Gasteiger charge is -2.24. The van der Waals surface area contributed by atoms with Crippen LogP contribution in [0.1, 0.15) is 75.3 Å². The third-order valence-electron chi connectivity index (χ3n) is 4.64. The summed E-state index contributed by atoms with van der Waals surface area (Å²) in [4.78, 5) is 11.0. The van der Waals surface area contributed by atoms with Crippen LogP contribution in [0, 0.1) is 5.92 Å². The molecular weight excluding hydrogens is 248 g/mol. The summed E-state index contributed by atoms with van der Waals surface area (Å²) >= 11 is 0. The van der Waals surface area contributed by atoms with Crippen molar-refractivity contribution in [3.63, 3.8) is 0 Å². The van der Waals surface area contributed by atoms with Crippen molar-refractivity contribution in [3.05, 3.63) is 35.4 Å². The van der Waals surface area contributed by atoms with E-state index in [0.29, 0.717) is 5.92 Å². The Hall–Kier alpha value is -1.31. The Morgan fingerprint density at radius 3 is 2.25 bits per heavy atom. The van der Waals surface area contributed by atoms with Crippen LogP contribution in [0.25, 0.3) is 0 Å². The number of rotatable bonds is 5. The maximum Gasteiger partial charge on any atom is 0.303 e. The van der Waals surface area contributed by atoms with Crippen LogP contribution in [-0.2, 0) is 4.79 Å². The minimum absolute atomic E-state index is 0.118. The zero-order valence-electron chi connectivity index (χ0n) is 12.6. The Kier molecular flexibility index (Phi) is 5.22. The van der Waals surface area contributed by atoms with Gasteiger partial charge in [-0.2, -0.15) is 0 Å². The van der Waals surface area contributed by atoms with Crippen molar-refractivity contribution in [1.29, 1.82) is 0 Å². The summed E-state index contributed by atoms with van der Waals surface area (Å²) in [7, 11) is 0. The largest absolute Gasteiger partial charge is 0.481 e. The van der Waals surface area contributed by atoms with E-state index >= 15 is 0 Å². The topological polar surface area (TPSA) is 37.3 Å². The first-order chi connectivity index (χ1) is 9.58. The van der Waals surface area contributed by atoms with Crippen LogP contribution in [-0.4, -0.2) is 11.1 Å². The molecule has 0 amide bonds. The molecule has 1 N–H and O–H groups in total. The van der Waals surface area contributed by atoms with E-state index in [1.165, 1.54) is 43.2 Å². The Bertz CT molecular complexity index is 427. The number of carboxylic acids is 1. The van der Waals surface area contributed by atoms with Gasteiger partial charge in [0.05, 0.1) is 6.42 Å². The number of carbonyl (C=O) groups is 1. The quantitative estimate of drug-likeness (QED) is 0.825. The van der Waals surface area contributed by atoms with Crippen molar-refractivity contribution in [2.45, 2.75) is 64.2 Å². The van der Waals surface area contributed by atoms with E-state index in [0.717, 1.165) is 5.92 Å². The molecule has 0 heterocycles. The number of carboxylic acid groups (broad SMARTS) is 1. The lowest BCUT2D eigenvalue weighted by Crippen LogP contribution is -2.12. The normalized spacial score (nSPS) is 18.1. The Morgan fingerprint density at radius 2 is 1.75 bits per heavy atom. The molecule has 1 atom stereocenters. The summed E-state index contributed by atoms with van der Waals surface area (Å²) in [5, 5.41) is 9.05. The van der Waals surface area contributed by atoms with Crippen LogP contribution in [0.5, 0.6) is 0 Å². The maximum absolute atomic E-state index is 11.0. The summed E-state index contributed by atoms with van der Waals surface area (Å²) in [5.41, 5.74) is 2.60. The molecule has 0 bridgehead atoms. The number of hydrogen-bond donors (Lipinski definition) is 1. The molecule has 1 fully saturated rings. The van der Waals surface area contributed by atoms with Crippen LogP contribution in [0.15, 0.2) is 24.3 Å². The minimum atomic E-state index is -0.708. The van der Waals surface area contributed by atoms with Crippen molar-refractivity contribution in [3.8, 4) is 0 Å². The molecule has 0 spiro atoms. The van der Waals surface area contributed by atoms with Crippen LogP contribution < -0.4 is 0 Å². The van der Waals surface area contributed by atoms with E-state index in [1.54, 1.807) is 0 Å². The molecule has 110 valence electrons. The molecule has 0 radical (unpaired) electrons. The molecular formula is C18H26O2. The molecule has 1 saturated carbocycles. The molecule has 2 heteroatoms. The van der Waals surface area contributed by atoms with E-state index in [9.17, 15) is 4.79 Å². The zero-order chi connectivity index (χ0) is 14.5. The van der Waals surface area contributed by atoms with Crippen molar-refractivity contribution < 1.29 is 9.90 Å². The summed E-state index contributed by atoms with van der Waals surface area (Å²) in [6.07, 6.45) is 6.91. The molecule has 2 nitrogen and oxygen atoms in total. The second-order valence-corrected chi connectivity index (χ2v) is 6.45. The lowest BCUT2D eigenvalue weighted by molar-refractivity contribution is -0.137. The molecule has 1 aliphatic carbocycles. The Balaban J connectivity index is 2.10. The third-order valence-corrected chi connectivity index (χ3v) is 4.64. The van der Waals surface area contributed by atoms with Crippen molar-refractivity contribution >= 4 is 5.97 Å². The van der Waals surface area contributed by atoms with Gasteiger partial charge in [0.2, 0.25) is 0 Å². The highest BCUT2D eigenvalue weighted by Crippen LogP contribution is 2.34. The van der Waals surface area contributed by atoms with Crippen LogP contribution in [0.3, 0.4) is 0 Å². The van der Waals surface area contributed by atoms with Crippen molar-refractivity contribution in [2.75, 3.05) is 0 Å². The molecule has 0 saturated heterocycles. The van der Waals surface area contributed by atoms with Crippen LogP contribution in [0.2, 0.25) is 0 Å². The number of benzene rings is 1. The summed E-state index contributed by atoms with van der Waals surface area (Å²) in [6.45, 7) is 4.20. The van der Waals surface area contributed by atoms with E-state index < -0.39 is 5.97 Å². The zero-order valence-corrected chi connectivity index (χ0v) is 12.6. The SMILES string of the molecule is CC(C)C(CC(=O)O)c1ccc(C2CCCCC2)cc1. The number of aliphatic carboxylic acids is 1. The van der Waals surface area contributed by atoms with Gasteiger partial charge >= 0.3 is 5.97 Å². The van der Waals surface area contributed by atoms with Gasteiger partial charge in [0.25, 0.3) is 0 Å². The monoisotopic (exact) mass is 274 g/mol. The molecule has 1 unspecified atom stereocenters. The molecule has 0 aliphatic heterocycles. The first kappa shape index (κ1) is 15.1. The van der Waals surface area contributed by atoms with Crippen LogP contribution in [0.4, 0.5) is 0 Å². The van der Waals surface area contributed by atoms with Crippen molar-refractivity contribution in [2.24, 2.45) is 5.92 Å². The van der Waals surface area contributed by atoms with Gasteiger partial charge in [0.1, 0.15) is 0 Å². The fourth-order valence-corrected chi connectivity index (χ4v) is 3.38. The van der Waals surface area contributed by atoms with Gasteiger partial charge in [0, 0.05) is 0 Å². The average molecular weight is 274 g/mol. The second-order valence-electron chi connectivity index (χ2n) is 6.45. The fourth-order valence-electron chi connectivity index (χ4n) is 3.38. The van der Waals surface area contributed by atoms with Gasteiger partial charge in [0.15, 0.2) is 0 Å². The third kappa shape index (κ3) is 3.84. The summed E-state index contributed by atoms with van der Waals surface area (Å²) < 4.78 is 0. The van der Waals surface area contributed by atoms with E-state index in [1.807, 2.05) is 0 Å². The first-order valence-electron chi connectivity index (χ1n) is 7.89. The van der Waals surface area contributed by atoms with Gasteiger partial charge in [-0.3, -0.25) is 4.79 Å². The molecule has 1 aliphatic rings. The van der Waals surface area contributed by atoms with Gasteiger partial charge in [-0.1, -0.05) is 57.4 Å². The van der Waals surface area contributed by atoms with Gasteiger partial charge in [-0.15, -0.1) is 0 Å². The highest BCUT2D eigenvalue weighted by molar-refractivity contribution is 5.68. The molecule has 20 heavy (non-hydrogen) atoms. The van der Waals surface area contributed by atoms with E-state index in [2.05, 4.69) is 38.1 Å². The molecule has 1 aromatic rings. The molecule has 0 aromatic heterocycles. The first-order valence-corrected chi connectivity index (χ1v) is 7.89. The predicted molar refractivity (Wildman–Crippen MR) is 82.1 cm³/mol. The smallest absolute Gasteiger partial charge is 0.303 e. The van der Waals surface area contributed by atoms with Gasteiger partial charge in [-0.25, -0.2) is 0 Å².